The molecule has 0 heterocycles. The van der Waals surface area contributed by atoms with Crippen LogP contribution in [0.25, 0.3) is 10.8 Å². The average Bonchev–Trinajstić information content (AvgIpc) is 2.90. The van der Waals surface area contributed by atoms with Crippen LogP contribution in [0.3, 0.4) is 0 Å². The number of ether oxygens (including phenoxy) is 5. The molecule has 0 spiro atoms. The summed E-state index contributed by atoms with van der Waals surface area (Å²) >= 11 is 6.51. The molecular formula is C29H31ClO6. The molecule has 0 aromatic heterocycles. The molecule has 0 N–H and O–H groups in total. The summed E-state index contributed by atoms with van der Waals surface area (Å²) in [6.07, 6.45) is 0.832. The second-order valence-electron chi connectivity index (χ2n) is 8.19. The first-order valence-corrected chi connectivity index (χ1v) is 12.0. The van der Waals surface area contributed by atoms with Gasteiger partial charge >= 0.3 is 0 Å². The lowest BCUT2D eigenvalue weighted by Gasteiger charge is -2.20. The van der Waals surface area contributed by atoms with E-state index in [0.29, 0.717) is 39.5 Å². The molecule has 0 aliphatic rings. The number of Topliss-reactive ketones (excluding diaryl/α,β-unsaturated/α-hetero) is 1. The van der Waals surface area contributed by atoms with Crippen molar-refractivity contribution in [2.75, 3.05) is 28.1 Å². The first kappa shape index (κ1) is 27.3. The van der Waals surface area contributed by atoms with Gasteiger partial charge in [0.1, 0.15) is 17.2 Å². The molecule has 3 aromatic rings. The average molecular weight is 511 g/mol. The second kappa shape index (κ2) is 13.2. The third-order valence-electron chi connectivity index (χ3n) is 5.72. The standard InChI is InChI=1S/C29H31ClO6/c1-6-19(2)12-13-24(31)26-21(17-35-16-20-10-8-7-9-11-20)14-22-25(33-4)15-23(30)28(34-5)27(22)29(26)36-18-32-3/h7-11,14-15,19H,6,16-18H2,1-5H3/t19-/m0/s1. The van der Waals surface area contributed by atoms with Gasteiger partial charge in [-0.15, -0.1) is 0 Å². The van der Waals surface area contributed by atoms with Gasteiger partial charge in [0, 0.05) is 24.5 Å². The van der Waals surface area contributed by atoms with E-state index in [4.69, 9.17) is 35.3 Å². The normalized spacial score (nSPS) is 11.5. The predicted molar refractivity (Wildman–Crippen MR) is 141 cm³/mol. The molecule has 36 heavy (non-hydrogen) atoms. The smallest absolute Gasteiger partial charge is 0.240 e. The van der Waals surface area contributed by atoms with Crippen LogP contribution in [0, 0.1) is 17.8 Å². The van der Waals surface area contributed by atoms with Crippen LogP contribution < -0.4 is 14.2 Å². The van der Waals surface area contributed by atoms with Gasteiger partial charge in [0.15, 0.2) is 6.79 Å². The summed E-state index contributed by atoms with van der Waals surface area (Å²) in [5.74, 6) is 6.62. The van der Waals surface area contributed by atoms with Crippen molar-refractivity contribution in [2.45, 2.75) is 33.5 Å². The van der Waals surface area contributed by atoms with Crippen molar-refractivity contribution < 1.29 is 28.5 Å². The van der Waals surface area contributed by atoms with E-state index >= 15 is 0 Å². The van der Waals surface area contributed by atoms with Gasteiger partial charge in [-0.2, -0.15) is 0 Å². The lowest BCUT2D eigenvalue weighted by Crippen LogP contribution is -2.11. The van der Waals surface area contributed by atoms with E-state index in [1.165, 1.54) is 14.2 Å². The number of ketones is 1. The molecule has 190 valence electrons. The zero-order chi connectivity index (χ0) is 26.1. The van der Waals surface area contributed by atoms with Crippen LogP contribution in [-0.4, -0.2) is 33.9 Å². The number of benzene rings is 3. The minimum absolute atomic E-state index is 0.0691. The highest BCUT2D eigenvalue weighted by Crippen LogP contribution is 2.47. The van der Waals surface area contributed by atoms with Gasteiger partial charge in [0.25, 0.3) is 0 Å². The van der Waals surface area contributed by atoms with Crippen molar-refractivity contribution in [1.29, 1.82) is 0 Å². The van der Waals surface area contributed by atoms with E-state index in [1.54, 1.807) is 13.2 Å². The molecule has 3 rings (SSSR count). The Kier molecular flexibility index (Phi) is 10.0. The molecule has 0 radical (unpaired) electrons. The van der Waals surface area contributed by atoms with Crippen LogP contribution in [0.4, 0.5) is 0 Å². The maximum Gasteiger partial charge on any atom is 0.240 e. The third kappa shape index (κ3) is 6.30. The molecule has 0 aliphatic carbocycles. The predicted octanol–water partition coefficient (Wildman–Crippen LogP) is 6.44. The number of rotatable bonds is 11. The first-order valence-electron chi connectivity index (χ1n) is 11.6. The molecule has 1 atom stereocenters. The fraction of sp³-hybridized carbons (Fsp3) is 0.345. The lowest BCUT2D eigenvalue weighted by atomic mass is 9.95. The Morgan fingerprint density at radius 2 is 1.78 bits per heavy atom. The van der Waals surface area contributed by atoms with Crippen molar-refractivity contribution >= 4 is 28.2 Å². The van der Waals surface area contributed by atoms with Crippen LogP contribution in [0.15, 0.2) is 42.5 Å². The van der Waals surface area contributed by atoms with Gasteiger partial charge in [0.2, 0.25) is 5.78 Å². The van der Waals surface area contributed by atoms with Crippen molar-refractivity contribution in [2.24, 2.45) is 5.92 Å². The molecule has 0 aliphatic heterocycles. The summed E-state index contributed by atoms with van der Waals surface area (Å²) in [5, 5.41) is 1.48. The summed E-state index contributed by atoms with van der Waals surface area (Å²) in [4.78, 5) is 13.5. The topological polar surface area (TPSA) is 63.2 Å². The Hall–Kier alpha value is -3.24. The molecule has 0 fully saturated rings. The summed E-state index contributed by atoms with van der Waals surface area (Å²) in [7, 11) is 4.56. The second-order valence-corrected chi connectivity index (χ2v) is 8.60. The van der Waals surface area contributed by atoms with Gasteiger partial charge < -0.3 is 23.7 Å². The van der Waals surface area contributed by atoms with Crippen molar-refractivity contribution in [1.82, 2.24) is 0 Å². The Morgan fingerprint density at radius 3 is 2.42 bits per heavy atom. The van der Waals surface area contributed by atoms with E-state index in [9.17, 15) is 4.79 Å². The number of fused-ring (bicyclic) bond motifs is 1. The number of carbonyl (C=O) groups excluding carboxylic acids is 1. The minimum Gasteiger partial charge on any atom is -0.496 e. The van der Waals surface area contributed by atoms with E-state index in [0.717, 1.165) is 12.0 Å². The van der Waals surface area contributed by atoms with Gasteiger partial charge in [-0.25, -0.2) is 0 Å². The largest absolute Gasteiger partial charge is 0.496 e. The number of halogens is 1. The molecule has 6 nitrogen and oxygen atoms in total. The van der Waals surface area contributed by atoms with Crippen molar-refractivity contribution in [3.05, 3.63) is 64.2 Å². The van der Waals surface area contributed by atoms with Gasteiger partial charge in [-0.3, -0.25) is 4.79 Å². The molecule has 0 amide bonds. The molecule has 0 saturated heterocycles. The summed E-state index contributed by atoms with van der Waals surface area (Å²) in [5.41, 5.74) is 1.91. The fourth-order valence-electron chi connectivity index (χ4n) is 3.71. The molecule has 7 heteroatoms. The van der Waals surface area contributed by atoms with Crippen LogP contribution in [0.2, 0.25) is 5.02 Å². The first-order chi connectivity index (χ1) is 17.4. The Bertz CT molecular complexity index is 1260. The van der Waals surface area contributed by atoms with Crippen LogP contribution >= 0.6 is 11.6 Å². The van der Waals surface area contributed by atoms with Gasteiger partial charge in [-0.1, -0.05) is 61.7 Å². The highest BCUT2D eigenvalue weighted by molar-refractivity contribution is 6.34. The highest BCUT2D eigenvalue weighted by atomic mass is 35.5. The van der Waals surface area contributed by atoms with E-state index in [-0.39, 0.29) is 36.4 Å². The van der Waals surface area contributed by atoms with Gasteiger partial charge in [0.05, 0.1) is 43.4 Å². The Labute approximate surface area is 217 Å². The zero-order valence-electron chi connectivity index (χ0n) is 21.3. The van der Waals surface area contributed by atoms with Crippen LogP contribution in [-0.2, 0) is 22.7 Å². The van der Waals surface area contributed by atoms with Crippen molar-refractivity contribution in [3.63, 3.8) is 0 Å². The maximum absolute atomic E-state index is 13.5. The Morgan fingerprint density at radius 1 is 1.03 bits per heavy atom. The summed E-state index contributed by atoms with van der Waals surface area (Å²) < 4.78 is 28.4. The lowest BCUT2D eigenvalue weighted by molar-refractivity contribution is 0.0510. The highest BCUT2D eigenvalue weighted by Gasteiger charge is 2.26. The Balaban J connectivity index is 2.24. The SMILES string of the molecule is CC[C@H](C)C#CC(=O)c1c(COCc2ccccc2)cc2c(OC)cc(Cl)c(OC)c2c1OCOC. The van der Waals surface area contributed by atoms with Crippen LogP contribution in [0.5, 0.6) is 17.2 Å². The third-order valence-corrected chi connectivity index (χ3v) is 6.00. The molecule has 0 unspecified atom stereocenters. The quantitative estimate of drug-likeness (QED) is 0.128. The minimum atomic E-state index is -0.386. The molecule has 3 aromatic carbocycles. The number of hydrogen-bond acceptors (Lipinski definition) is 6. The number of carbonyl (C=O) groups is 1. The number of methoxy groups -OCH3 is 3. The molecular weight excluding hydrogens is 480 g/mol. The molecule has 0 bridgehead atoms. The zero-order valence-corrected chi connectivity index (χ0v) is 22.0. The maximum atomic E-state index is 13.5. The van der Waals surface area contributed by atoms with E-state index < -0.39 is 0 Å². The monoisotopic (exact) mass is 510 g/mol. The van der Waals surface area contributed by atoms with E-state index in [2.05, 4.69) is 11.8 Å². The van der Waals surface area contributed by atoms with Gasteiger partial charge in [-0.05, 0) is 29.5 Å². The molecule has 0 saturated carbocycles. The fourth-order valence-corrected chi connectivity index (χ4v) is 3.98. The summed E-state index contributed by atoms with van der Waals surface area (Å²) in [6.45, 7) is 4.42. The number of hydrogen-bond donors (Lipinski definition) is 0. The summed E-state index contributed by atoms with van der Waals surface area (Å²) in [6, 6.07) is 13.3. The van der Waals surface area contributed by atoms with Crippen molar-refractivity contribution in [3.8, 4) is 29.1 Å². The van der Waals surface area contributed by atoms with E-state index in [1.807, 2.05) is 50.2 Å². The van der Waals surface area contributed by atoms with Crippen LogP contribution in [0.1, 0.15) is 41.8 Å².